The van der Waals surface area contributed by atoms with Gasteiger partial charge in [-0.15, -0.1) is 0 Å². The molecule has 1 aromatic rings. The molecule has 0 radical (unpaired) electrons. The normalized spacial score (nSPS) is 9.71. The molecule has 0 aliphatic heterocycles. The summed E-state index contributed by atoms with van der Waals surface area (Å²) < 4.78 is 0. The number of hydrogen-bond acceptors (Lipinski definition) is 2. The first-order chi connectivity index (χ1) is 8.19. The number of benzene rings is 1. The summed E-state index contributed by atoms with van der Waals surface area (Å²) in [6, 6.07) is 9.36. The average molecular weight is 251 g/mol. The zero-order valence-corrected chi connectivity index (χ0v) is 10.6. The van der Waals surface area contributed by atoms with E-state index < -0.39 is 0 Å². The Kier molecular flexibility index (Phi) is 5.51. The molecule has 1 aromatic carbocycles. The maximum atomic E-state index is 12.0. The van der Waals surface area contributed by atoms with Gasteiger partial charge in [-0.3, -0.25) is 4.79 Å². The van der Waals surface area contributed by atoms with E-state index in [2.05, 4.69) is 0 Å². The molecule has 0 aliphatic rings. The van der Waals surface area contributed by atoms with E-state index in [9.17, 15) is 4.79 Å². The third-order valence-electron chi connectivity index (χ3n) is 2.53. The topological polar surface area (TPSA) is 44.1 Å². The Balaban J connectivity index is 2.65. The Hall–Kier alpha value is -1.53. The van der Waals surface area contributed by atoms with Crippen LogP contribution >= 0.6 is 11.6 Å². The maximum Gasteiger partial charge on any atom is 0.227 e. The van der Waals surface area contributed by atoms with Crippen molar-refractivity contribution in [1.29, 1.82) is 5.26 Å². The Morgan fingerprint density at radius 3 is 2.76 bits per heavy atom. The van der Waals surface area contributed by atoms with Crippen LogP contribution in [0.1, 0.15) is 18.9 Å². The van der Waals surface area contributed by atoms with Crippen LogP contribution in [0.25, 0.3) is 0 Å². The standard InChI is InChI=1S/C13H15ClN2O/c1-2-16(9-5-8-15)13(17)10-11-6-3-4-7-12(11)14/h3-4,6-7H,2,5,9-10H2,1H3. The molecule has 1 rings (SSSR count). The fourth-order valence-electron chi connectivity index (χ4n) is 1.56. The van der Waals surface area contributed by atoms with Crippen LogP contribution < -0.4 is 0 Å². The quantitative estimate of drug-likeness (QED) is 0.806. The van der Waals surface area contributed by atoms with E-state index in [-0.39, 0.29) is 5.91 Å². The van der Waals surface area contributed by atoms with E-state index in [4.69, 9.17) is 16.9 Å². The third kappa shape index (κ3) is 4.08. The van der Waals surface area contributed by atoms with Crippen LogP contribution in [0, 0.1) is 11.3 Å². The number of rotatable bonds is 5. The summed E-state index contributed by atoms with van der Waals surface area (Å²) in [6.45, 7) is 3.00. The van der Waals surface area contributed by atoms with Gasteiger partial charge in [-0.05, 0) is 18.6 Å². The highest BCUT2D eigenvalue weighted by Crippen LogP contribution is 2.16. The molecule has 0 spiro atoms. The minimum absolute atomic E-state index is 0.0100. The molecule has 0 N–H and O–H groups in total. The van der Waals surface area contributed by atoms with Crippen LogP contribution in [-0.4, -0.2) is 23.9 Å². The molecule has 3 nitrogen and oxygen atoms in total. The lowest BCUT2D eigenvalue weighted by Crippen LogP contribution is -2.32. The number of halogens is 1. The van der Waals surface area contributed by atoms with Crippen molar-refractivity contribution in [3.05, 3.63) is 34.9 Å². The molecule has 4 heteroatoms. The lowest BCUT2D eigenvalue weighted by molar-refractivity contribution is -0.130. The van der Waals surface area contributed by atoms with Crippen molar-refractivity contribution in [2.75, 3.05) is 13.1 Å². The third-order valence-corrected chi connectivity index (χ3v) is 2.90. The highest BCUT2D eigenvalue weighted by molar-refractivity contribution is 6.31. The zero-order valence-electron chi connectivity index (χ0n) is 9.82. The fourth-order valence-corrected chi connectivity index (χ4v) is 1.76. The highest BCUT2D eigenvalue weighted by atomic mass is 35.5. The van der Waals surface area contributed by atoms with Crippen molar-refractivity contribution in [3.8, 4) is 6.07 Å². The van der Waals surface area contributed by atoms with Gasteiger partial charge in [-0.2, -0.15) is 5.26 Å². The van der Waals surface area contributed by atoms with Gasteiger partial charge in [0.2, 0.25) is 5.91 Å². The van der Waals surface area contributed by atoms with Crippen LogP contribution in [-0.2, 0) is 11.2 Å². The van der Waals surface area contributed by atoms with Crippen LogP contribution in [0.2, 0.25) is 5.02 Å². The van der Waals surface area contributed by atoms with Gasteiger partial charge in [0.15, 0.2) is 0 Å². The minimum atomic E-state index is 0.0100. The molecule has 0 unspecified atom stereocenters. The molecule has 0 fully saturated rings. The number of hydrogen-bond donors (Lipinski definition) is 0. The summed E-state index contributed by atoms with van der Waals surface area (Å²) >= 11 is 6.00. The predicted molar refractivity (Wildman–Crippen MR) is 67.6 cm³/mol. The van der Waals surface area contributed by atoms with Crippen molar-refractivity contribution < 1.29 is 4.79 Å². The van der Waals surface area contributed by atoms with Crippen LogP contribution in [0.4, 0.5) is 0 Å². The molecule has 0 saturated heterocycles. The van der Waals surface area contributed by atoms with E-state index >= 15 is 0 Å². The van der Waals surface area contributed by atoms with Crippen LogP contribution in [0.5, 0.6) is 0 Å². The zero-order chi connectivity index (χ0) is 12.7. The molecular formula is C13H15ClN2O. The molecule has 90 valence electrons. The number of nitriles is 1. The maximum absolute atomic E-state index is 12.0. The molecule has 0 saturated carbocycles. The number of carbonyl (C=O) groups excluding carboxylic acids is 1. The predicted octanol–water partition coefficient (Wildman–Crippen LogP) is 2.64. The van der Waals surface area contributed by atoms with Crippen molar-refractivity contribution in [2.45, 2.75) is 19.8 Å². The molecule has 0 heterocycles. The average Bonchev–Trinajstić information content (AvgIpc) is 2.33. The molecule has 0 bridgehead atoms. The second kappa shape index (κ2) is 6.93. The summed E-state index contributed by atoms with van der Waals surface area (Å²) in [4.78, 5) is 13.6. The number of likely N-dealkylation sites (N-methyl/N-ethyl adjacent to an activating group) is 1. The van der Waals surface area contributed by atoms with Gasteiger partial charge in [-0.1, -0.05) is 29.8 Å². The smallest absolute Gasteiger partial charge is 0.227 e. The summed E-state index contributed by atoms with van der Waals surface area (Å²) in [6.07, 6.45) is 0.654. The number of nitrogens with zero attached hydrogens (tertiary/aromatic N) is 2. The Morgan fingerprint density at radius 1 is 1.47 bits per heavy atom. The first-order valence-electron chi connectivity index (χ1n) is 5.57. The second-order valence-corrected chi connectivity index (χ2v) is 4.06. The Morgan fingerprint density at radius 2 is 2.18 bits per heavy atom. The first-order valence-corrected chi connectivity index (χ1v) is 5.95. The van der Waals surface area contributed by atoms with E-state index in [1.54, 1.807) is 11.0 Å². The summed E-state index contributed by atoms with van der Waals surface area (Å²) in [7, 11) is 0. The van der Waals surface area contributed by atoms with Gasteiger partial charge in [-0.25, -0.2) is 0 Å². The van der Waals surface area contributed by atoms with Gasteiger partial charge in [0, 0.05) is 18.1 Å². The Labute approximate surface area is 107 Å². The van der Waals surface area contributed by atoms with E-state index in [0.717, 1.165) is 5.56 Å². The van der Waals surface area contributed by atoms with Crippen molar-refractivity contribution in [1.82, 2.24) is 4.90 Å². The summed E-state index contributed by atoms with van der Waals surface area (Å²) in [5, 5.41) is 9.13. The van der Waals surface area contributed by atoms with Crippen molar-refractivity contribution in [2.24, 2.45) is 0 Å². The molecule has 1 amide bonds. The lowest BCUT2D eigenvalue weighted by Gasteiger charge is -2.19. The minimum Gasteiger partial charge on any atom is -0.342 e. The number of amides is 1. The molecule has 0 aliphatic carbocycles. The van der Waals surface area contributed by atoms with Crippen molar-refractivity contribution >= 4 is 17.5 Å². The van der Waals surface area contributed by atoms with E-state index in [1.165, 1.54) is 0 Å². The van der Waals surface area contributed by atoms with Gasteiger partial charge in [0.25, 0.3) is 0 Å². The van der Waals surface area contributed by atoms with Crippen LogP contribution in [0.15, 0.2) is 24.3 Å². The SMILES string of the molecule is CCN(CCC#N)C(=O)Cc1ccccc1Cl. The fraction of sp³-hybridized carbons (Fsp3) is 0.385. The van der Waals surface area contributed by atoms with Gasteiger partial charge in [0.1, 0.15) is 0 Å². The second-order valence-electron chi connectivity index (χ2n) is 3.65. The molecular weight excluding hydrogens is 236 g/mol. The monoisotopic (exact) mass is 250 g/mol. The number of carbonyl (C=O) groups is 1. The van der Waals surface area contributed by atoms with Crippen molar-refractivity contribution in [3.63, 3.8) is 0 Å². The van der Waals surface area contributed by atoms with Gasteiger partial charge >= 0.3 is 0 Å². The van der Waals surface area contributed by atoms with Crippen LogP contribution in [0.3, 0.4) is 0 Å². The summed E-state index contributed by atoms with van der Waals surface area (Å²) in [5.41, 5.74) is 0.828. The van der Waals surface area contributed by atoms with E-state index in [1.807, 2.05) is 31.2 Å². The van der Waals surface area contributed by atoms with E-state index in [0.29, 0.717) is 31.0 Å². The highest BCUT2D eigenvalue weighted by Gasteiger charge is 2.13. The molecule has 0 aromatic heterocycles. The Bertz CT molecular complexity index is 426. The summed E-state index contributed by atoms with van der Waals surface area (Å²) in [5.74, 6) is 0.0100. The first kappa shape index (κ1) is 13.5. The largest absolute Gasteiger partial charge is 0.342 e. The lowest BCUT2D eigenvalue weighted by atomic mass is 10.1. The van der Waals surface area contributed by atoms with Gasteiger partial charge < -0.3 is 4.90 Å². The molecule has 17 heavy (non-hydrogen) atoms. The van der Waals surface area contributed by atoms with Gasteiger partial charge in [0.05, 0.1) is 18.9 Å². The molecule has 0 atom stereocenters.